The Bertz CT molecular complexity index is 911. The van der Waals surface area contributed by atoms with Crippen LogP contribution in [0.2, 0.25) is 0 Å². The Labute approximate surface area is 167 Å². The maximum Gasteiger partial charge on any atom is 0.325 e. The van der Waals surface area contributed by atoms with Crippen molar-refractivity contribution in [2.75, 3.05) is 27.3 Å². The zero-order valence-corrected chi connectivity index (χ0v) is 16.5. The van der Waals surface area contributed by atoms with Crippen molar-refractivity contribution in [3.05, 3.63) is 47.9 Å². The molecule has 2 heterocycles. The van der Waals surface area contributed by atoms with Crippen molar-refractivity contribution in [3.63, 3.8) is 0 Å². The average molecular weight is 401 g/mol. The fraction of sp³-hybridized carbons (Fsp3) is 0.350. The fourth-order valence-corrected chi connectivity index (χ4v) is 3.15. The standard InChI is InChI=1S/C20H23N3O6/c1-20(16-5-4-10-29-16)18(25)23(19(26)22-20)12-17(24)21-9-8-13-6-7-14(27-2)15(11-13)28-3/h4-7,10-11H,8-9,12H2,1-3H3,(H,21,24)(H,22,26). The molecule has 1 aliphatic rings. The molecule has 1 aromatic heterocycles. The summed E-state index contributed by atoms with van der Waals surface area (Å²) in [5.74, 6) is 0.573. The number of rotatable bonds is 8. The third-order valence-corrected chi connectivity index (χ3v) is 4.77. The van der Waals surface area contributed by atoms with Crippen molar-refractivity contribution < 1.29 is 28.3 Å². The first-order valence-corrected chi connectivity index (χ1v) is 9.04. The minimum Gasteiger partial charge on any atom is -0.493 e. The number of furan rings is 1. The molecule has 154 valence electrons. The van der Waals surface area contributed by atoms with Gasteiger partial charge in [0, 0.05) is 6.54 Å². The third kappa shape index (κ3) is 4.03. The molecule has 1 unspecified atom stereocenters. The molecule has 2 N–H and O–H groups in total. The molecule has 9 heteroatoms. The second-order valence-electron chi connectivity index (χ2n) is 6.71. The van der Waals surface area contributed by atoms with Crippen LogP contribution in [-0.2, 0) is 21.5 Å². The summed E-state index contributed by atoms with van der Waals surface area (Å²) in [7, 11) is 3.11. The smallest absolute Gasteiger partial charge is 0.325 e. The van der Waals surface area contributed by atoms with E-state index in [1.807, 2.05) is 12.1 Å². The van der Waals surface area contributed by atoms with Crippen molar-refractivity contribution in [2.45, 2.75) is 18.9 Å². The second kappa shape index (κ2) is 8.26. The van der Waals surface area contributed by atoms with E-state index in [0.29, 0.717) is 30.2 Å². The Morgan fingerprint density at radius 1 is 1.21 bits per heavy atom. The number of ether oxygens (including phenoxy) is 2. The first-order valence-electron chi connectivity index (χ1n) is 9.04. The predicted molar refractivity (Wildman–Crippen MR) is 103 cm³/mol. The van der Waals surface area contributed by atoms with Gasteiger partial charge in [-0.05, 0) is 43.2 Å². The Kier molecular flexibility index (Phi) is 5.76. The van der Waals surface area contributed by atoms with Crippen molar-refractivity contribution in [1.29, 1.82) is 0 Å². The van der Waals surface area contributed by atoms with E-state index in [4.69, 9.17) is 13.9 Å². The van der Waals surface area contributed by atoms with Crippen molar-refractivity contribution in [3.8, 4) is 11.5 Å². The first kappa shape index (κ1) is 20.2. The van der Waals surface area contributed by atoms with Gasteiger partial charge in [-0.2, -0.15) is 0 Å². The van der Waals surface area contributed by atoms with Crippen LogP contribution >= 0.6 is 0 Å². The highest BCUT2D eigenvalue weighted by Gasteiger charge is 2.51. The number of methoxy groups -OCH3 is 2. The summed E-state index contributed by atoms with van der Waals surface area (Å²) in [6.07, 6.45) is 1.97. The summed E-state index contributed by atoms with van der Waals surface area (Å²) in [6, 6.07) is 8.09. The van der Waals surface area contributed by atoms with Gasteiger partial charge in [-0.15, -0.1) is 0 Å². The highest BCUT2D eigenvalue weighted by atomic mass is 16.5. The second-order valence-corrected chi connectivity index (χ2v) is 6.71. The number of nitrogens with one attached hydrogen (secondary N) is 2. The van der Waals surface area contributed by atoms with E-state index in [9.17, 15) is 14.4 Å². The third-order valence-electron chi connectivity index (χ3n) is 4.77. The maximum atomic E-state index is 12.7. The monoisotopic (exact) mass is 401 g/mol. The van der Waals surface area contributed by atoms with Gasteiger partial charge in [-0.25, -0.2) is 4.79 Å². The van der Waals surface area contributed by atoms with Crippen molar-refractivity contribution in [1.82, 2.24) is 15.5 Å². The molecule has 0 saturated carbocycles. The van der Waals surface area contributed by atoms with E-state index < -0.39 is 23.4 Å². The van der Waals surface area contributed by atoms with Crippen LogP contribution in [0.1, 0.15) is 18.2 Å². The number of carbonyl (C=O) groups excluding carboxylic acids is 3. The molecule has 0 aliphatic carbocycles. The summed E-state index contributed by atoms with van der Waals surface area (Å²) in [4.78, 5) is 38.0. The highest BCUT2D eigenvalue weighted by Crippen LogP contribution is 2.29. The van der Waals surface area contributed by atoms with E-state index >= 15 is 0 Å². The van der Waals surface area contributed by atoms with Gasteiger partial charge in [0.2, 0.25) is 5.91 Å². The molecule has 0 radical (unpaired) electrons. The van der Waals surface area contributed by atoms with Gasteiger partial charge >= 0.3 is 6.03 Å². The van der Waals surface area contributed by atoms with E-state index in [2.05, 4.69) is 10.6 Å². The van der Waals surface area contributed by atoms with Gasteiger partial charge in [-0.3, -0.25) is 14.5 Å². The van der Waals surface area contributed by atoms with Crippen LogP contribution in [0.3, 0.4) is 0 Å². The van der Waals surface area contributed by atoms with Gasteiger partial charge in [-0.1, -0.05) is 6.07 Å². The number of imide groups is 1. The predicted octanol–water partition coefficient (Wildman–Crippen LogP) is 1.42. The minimum atomic E-state index is -1.32. The van der Waals surface area contributed by atoms with Crippen molar-refractivity contribution in [2.24, 2.45) is 0 Å². The number of urea groups is 1. The summed E-state index contributed by atoms with van der Waals surface area (Å²) in [5.41, 5.74) is -0.371. The molecular weight excluding hydrogens is 378 g/mol. The highest BCUT2D eigenvalue weighted by molar-refractivity contribution is 6.08. The van der Waals surface area contributed by atoms with E-state index in [0.717, 1.165) is 10.5 Å². The van der Waals surface area contributed by atoms with Crippen LogP contribution in [0.5, 0.6) is 11.5 Å². The largest absolute Gasteiger partial charge is 0.493 e. The average Bonchev–Trinajstić information content (AvgIpc) is 3.32. The molecule has 1 aliphatic heterocycles. The molecule has 2 aromatic rings. The zero-order valence-electron chi connectivity index (χ0n) is 16.5. The molecule has 1 atom stereocenters. The summed E-state index contributed by atoms with van der Waals surface area (Å²) in [5, 5.41) is 5.30. The lowest BCUT2D eigenvalue weighted by Gasteiger charge is -2.18. The minimum absolute atomic E-state index is 0.312. The van der Waals surface area contributed by atoms with Crippen LogP contribution in [0.25, 0.3) is 0 Å². The first-order chi connectivity index (χ1) is 13.9. The van der Waals surface area contributed by atoms with Gasteiger partial charge in [0.1, 0.15) is 12.3 Å². The fourth-order valence-electron chi connectivity index (χ4n) is 3.15. The Morgan fingerprint density at radius 2 is 1.97 bits per heavy atom. The maximum absolute atomic E-state index is 12.7. The Hall–Kier alpha value is -3.49. The van der Waals surface area contributed by atoms with Gasteiger partial charge in [0.25, 0.3) is 5.91 Å². The molecule has 4 amide bonds. The number of hydrogen-bond donors (Lipinski definition) is 2. The molecule has 0 spiro atoms. The zero-order chi connectivity index (χ0) is 21.0. The lowest BCUT2D eigenvalue weighted by atomic mass is 9.99. The van der Waals surface area contributed by atoms with Crippen LogP contribution in [0.15, 0.2) is 41.0 Å². The molecule has 29 heavy (non-hydrogen) atoms. The lowest BCUT2D eigenvalue weighted by molar-refractivity contribution is -0.135. The summed E-state index contributed by atoms with van der Waals surface area (Å²) < 4.78 is 15.7. The molecule has 1 fully saturated rings. The Morgan fingerprint density at radius 3 is 2.62 bits per heavy atom. The molecular formula is C20H23N3O6. The van der Waals surface area contributed by atoms with Crippen molar-refractivity contribution >= 4 is 17.8 Å². The number of amides is 4. The van der Waals surface area contributed by atoms with Crippen LogP contribution in [0, 0.1) is 0 Å². The quantitative estimate of drug-likeness (QED) is 0.648. The topological polar surface area (TPSA) is 110 Å². The lowest BCUT2D eigenvalue weighted by Crippen LogP contribution is -2.43. The molecule has 1 aromatic carbocycles. The van der Waals surface area contributed by atoms with Gasteiger partial charge in [0.15, 0.2) is 17.0 Å². The van der Waals surface area contributed by atoms with E-state index in [-0.39, 0.29) is 6.54 Å². The number of carbonyl (C=O) groups is 3. The SMILES string of the molecule is COc1ccc(CCNC(=O)CN2C(=O)NC(C)(c3ccco3)C2=O)cc1OC. The normalized spacial score (nSPS) is 18.5. The summed E-state index contributed by atoms with van der Waals surface area (Å²) >= 11 is 0. The molecule has 3 rings (SSSR count). The van der Waals surface area contributed by atoms with Gasteiger partial charge < -0.3 is 24.5 Å². The Balaban J connectivity index is 1.55. The number of benzene rings is 1. The van der Waals surface area contributed by atoms with E-state index in [1.165, 1.54) is 6.26 Å². The number of nitrogens with zero attached hydrogens (tertiary/aromatic N) is 1. The van der Waals surface area contributed by atoms with Gasteiger partial charge in [0.05, 0.1) is 20.5 Å². The number of hydrogen-bond acceptors (Lipinski definition) is 6. The molecule has 0 bridgehead atoms. The van der Waals surface area contributed by atoms with Crippen LogP contribution in [0.4, 0.5) is 4.79 Å². The van der Waals surface area contributed by atoms with Crippen LogP contribution in [-0.4, -0.2) is 50.1 Å². The molecule has 9 nitrogen and oxygen atoms in total. The summed E-state index contributed by atoms with van der Waals surface area (Å²) in [6.45, 7) is 1.52. The molecule has 1 saturated heterocycles. The van der Waals surface area contributed by atoms with Crippen LogP contribution < -0.4 is 20.1 Å². The van der Waals surface area contributed by atoms with E-state index in [1.54, 1.807) is 39.3 Å².